The Hall–Kier alpha value is -1.46. The molecule has 0 aliphatic heterocycles. The summed E-state index contributed by atoms with van der Waals surface area (Å²) in [6, 6.07) is 10.2. The molecule has 0 atom stereocenters. The van der Waals surface area contributed by atoms with Crippen LogP contribution in [-0.4, -0.2) is 10.1 Å². The van der Waals surface area contributed by atoms with E-state index in [2.05, 4.69) is 33.1 Å². The summed E-state index contributed by atoms with van der Waals surface area (Å²) in [6.45, 7) is 1.98. The van der Waals surface area contributed by atoms with Crippen molar-refractivity contribution in [1.29, 1.82) is 0 Å². The van der Waals surface area contributed by atoms with Crippen LogP contribution in [0.5, 0.6) is 0 Å². The van der Waals surface area contributed by atoms with E-state index in [4.69, 9.17) is 12.2 Å². The summed E-state index contributed by atoms with van der Waals surface area (Å²) in [5.41, 5.74) is 0.985. The van der Waals surface area contributed by atoms with Gasteiger partial charge < -0.3 is 10.6 Å². The third-order valence-corrected chi connectivity index (χ3v) is 5.21. The smallest absolute Gasteiger partial charge is 0.172 e. The van der Waals surface area contributed by atoms with Gasteiger partial charge in [-0.3, -0.25) is 0 Å². The monoisotopic (exact) mass is 317 g/mol. The number of pyridine rings is 1. The van der Waals surface area contributed by atoms with Crippen LogP contribution in [0.4, 0.5) is 5.82 Å². The van der Waals surface area contributed by atoms with Crippen molar-refractivity contribution < 1.29 is 0 Å². The SMILES string of the molecule is Cc1cccc(NC(=S)NC2(c3cccs3)CCCC2)n1. The summed E-state index contributed by atoms with van der Waals surface area (Å²) in [6.07, 6.45) is 4.76. The first-order valence-corrected chi connectivity index (χ1v) is 8.54. The lowest BCUT2D eigenvalue weighted by atomic mass is 9.96. The average Bonchev–Trinajstić information content (AvgIpc) is 3.09. The molecular formula is C16H19N3S2. The minimum atomic E-state index is 0.00206. The van der Waals surface area contributed by atoms with Gasteiger partial charge in [0.25, 0.3) is 0 Å². The van der Waals surface area contributed by atoms with E-state index in [1.54, 1.807) is 11.3 Å². The molecule has 0 aromatic carbocycles. The highest BCUT2D eigenvalue weighted by Crippen LogP contribution is 2.40. The van der Waals surface area contributed by atoms with Crippen LogP contribution in [0.25, 0.3) is 0 Å². The molecule has 3 rings (SSSR count). The zero-order valence-corrected chi connectivity index (χ0v) is 13.7. The zero-order chi connectivity index (χ0) is 14.7. The van der Waals surface area contributed by atoms with Crippen LogP contribution in [0.15, 0.2) is 35.7 Å². The first-order chi connectivity index (χ1) is 10.2. The summed E-state index contributed by atoms with van der Waals surface area (Å²) in [7, 11) is 0. The van der Waals surface area contributed by atoms with Crippen molar-refractivity contribution in [1.82, 2.24) is 10.3 Å². The van der Waals surface area contributed by atoms with Crippen molar-refractivity contribution in [2.75, 3.05) is 5.32 Å². The van der Waals surface area contributed by atoms with Crippen LogP contribution >= 0.6 is 23.6 Å². The number of hydrogen-bond donors (Lipinski definition) is 2. The van der Waals surface area contributed by atoms with Crippen LogP contribution in [0.3, 0.4) is 0 Å². The second kappa shape index (κ2) is 6.12. The molecule has 3 nitrogen and oxygen atoms in total. The molecule has 2 aromatic rings. The van der Waals surface area contributed by atoms with Crippen LogP contribution in [-0.2, 0) is 5.54 Å². The minimum absolute atomic E-state index is 0.00206. The van der Waals surface area contributed by atoms with Crippen molar-refractivity contribution in [2.45, 2.75) is 38.1 Å². The van der Waals surface area contributed by atoms with E-state index in [1.165, 1.54) is 17.7 Å². The van der Waals surface area contributed by atoms with Crippen LogP contribution in [0.1, 0.15) is 36.3 Å². The fraction of sp³-hybridized carbons (Fsp3) is 0.375. The fourth-order valence-electron chi connectivity index (χ4n) is 2.94. The maximum Gasteiger partial charge on any atom is 0.172 e. The van der Waals surface area contributed by atoms with Gasteiger partial charge in [0.15, 0.2) is 5.11 Å². The largest absolute Gasteiger partial charge is 0.352 e. The molecule has 0 saturated heterocycles. The van der Waals surface area contributed by atoms with E-state index in [-0.39, 0.29) is 5.54 Å². The van der Waals surface area contributed by atoms with Crippen molar-refractivity contribution >= 4 is 34.5 Å². The Morgan fingerprint density at radius 3 is 2.71 bits per heavy atom. The highest BCUT2D eigenvalue weighted by atomic mass is 32.1. The number of thiocarbonyl (C=S) groups is 1. The average molecular weight is 317 g/mol. The lowest BCUT2D eigenvalue weighted by Gasteiger charge is -2.30. The minimum Gasteiger partial charge on any atom is -0.352 e. The topological polar surface area (TPSA) is 37.0 Å². The lowest BCUT2D eigenvalue weighted by molar-refractivity contribution is 0.417. The summed E-state index contributed by atoms with van der Waals surface area (Å²) in [4.78, 5) is 5.81. The highest BCUT2D eigenvalue weighted by molar-refractivity contribution is 7.80. The van der Waals surface area contributed by atoms with Gasteiger partial charge in [-0.15, -0.1) is 11.3 Å². The quantitative estimate of drug-likeness (QED) is 0.832. The Balaban J connectivity index is 1.73. The van der Waals surface area contributed by atoms with Gasteiger partial charge >= 0.3 is 0 Å². The molecule has 0 amide bonds. The van der Waals surface area contributed by atoms with Gasteiger partial charge in [0, 0.05) is 10.6 Å². The number of aryl methyl sites for hydroxylation is 1. The molecular weight excluding hydrogens is 298 g/mol. The molecule has 2 N–H and O–H groups in total. The molecule has 1 fully saturated rings. The maximum absolute atomic E-state index is 5.50. The molecule has 21 heavy (non-hydrogen) atoms. The molecule has 0 radical (unpaired) electrons. The third-order valence-electron chi connectivity index (χ3n) is 3.93. The molecule has 0 spiro atoms. The van der Waals surface area contributed by atoms with Crippen molar-refractivity contribution in [2.24, 2.45) is 0 Å². The van der Waals surface area contributed by atoms with E-state index < -0.39 is 0 Å². The van der Waals surface area contributed by atoms with Crippen LogP contribution < -0.4 is 10.6 Å². The Morgan fingerprint density at radius 2 is 2.05 bits per heavy atom. The second-order valence-corrected chi connectivity index (χ2v) is 6.87. The van der Waals surface area contributed by atoms with Gasteiger partial charge in [0.1, 0.15) is 5.82 Å². The molecule has 2 aromatic heterocycles. The number of hydrogen-bond acceptors (Lipinski definition) is 3. The predicted octanol–water partition coefficient (Wildman–Crippen LogP) is 4.21. The lowest BCUT2D eigenvalue weighted by Crippen LogP contribution is -2.45. The van der Waals surface area contributed by atoms with Gasteiger partial charge in [0.2, 0.25) is 0 Å². The summed E-state index contributed by atoms with van der Waals surface area (Å²) in [5.74, 6) is 0.798. The standard InChI is InChI=1S/C16H19N3S2/c1-12-6-4-8-14(17-12)18-15(20)19-16(9-2-3-10-16)13-7-5-11-21-13/h4-8,11H,2-3,9-10H2,1H3,(H2,17,18,19,20). The van der Waals surface area contributed by atoms with E-state index in [9.17, 15) is 0 Å². The van der Waals surface area contributed by atoms with Crippen molar-refractivity contribution in [3.05, 3.63) is 46.3 Å². The Morgan fingerprint density at radius 1 is 1.24 bits per heavy atom. The summed E-state index contributed by atoms with van der Waals surface area (Å²) < 4.78 is 0. The molecule has 0 bridgehead atoms. The number of thiophene rings is 1. The Bertz CT molecular complexity index is 616. The Labute approximate surface area is 134 Å². The fourth-order valence-corrected chi connectivity index (χ4v) is 4.18. The number of aromatic nitrogens is 1. The first-order valence-electron chi connectivity index (χ1n) is 7.25. The first kappa shape index (κ1) is 14.5. The number of nitrogens with one attached hydrogen (secondary N) is 2. The Kier molecular flexibility index (Phi) is 4.22. The molecule has 0 unspecified atom stereocenters. The van der Waals surface area contributed by atoms with E-state index >= 15 is 0 Å². The molecule has 1 aliphatic rings. The van der Waals surface area contributed by atoms with Gasteiger partial charge in [-0.2, -0.15) is 0 Å². The summed E-state index contributed by atoms with van der Waals surface area (Å²) >= 11 is 7.31. The molecule has 1 saturated carbocycles. The van der Waals surface area contributed by atoms with E-state index in [0.29, 0.717) is 5.11 Å². The number of rotatable bonds is 3. The van der Waals surface area contributed by atoms with Gasteiger partial charge in [0.05, 0.1) is 5.54 Å². The van der Waals surface area contributed by atoms with Crippen molar-refractivity contribution in [3.63, 3.8) is 0 Å². The molecule has 5 heteroatoms. The predicted molar refractivity (Wildman–Crippen MR) is 92.8 cm³/mol. The molecule has 110 valence electrons. The van der Waals surface area contributed by atoms with Gasteiger partial charge in [-0.1, -0.05) is 25.0 Å². The van der Waals surface area contributed by atoms with Crippen LogP contribution in [0, 0.1) is 6.92 Å². The highest BCUT2D eigenvalue weighted by Gasteiger charge is 2.37. The van der Waals surface area contributed by atoms with Gasteiger partial charge in [-0.25, -0.2) is 4.98 Å². The number of anilines is 1. The van der Waals surface area contributed by atoms with Crippen LogP contribution in [0.2, 0.25) is 0 Å². The normalized spacial score (nSPS) is 16.6. The number of nitrogens with zero attached hydrogens (tertiary/aromatic N) is 1. The second-order valence-electron chi connectivity index (χ2n) is 5.51. The van der Waals surface area contributed by atoms with E-state index in [0.717, 1.165) is 24.4 Å². The molecule has 1 aliphatic carbocycles. The summed E-state index contributed by atoms with van der Waals surface area (Å²) in [5, 5.41) is 9.55. The zero-order valence-electron chi connectivity index (χ0n) is 12.1. The third kappa shape index (κ3) is 3.24. The van der Waals surface area contributed by atoms with Gasteiger partial charge in [-0.05, 0) is 55.6 Å². The maximum atomic E-state index is 5.50. The van der Waals surface area contributed by atoms with E-state index in [1.807, 2.05) is 25.1 Å². The van der Waals surface area contributed by atoms with Crippen molar-refractivity contribution in [3.8, 4) is 0 Å². The molecule has 2 heterocycles.